The average molecular weight is 618 g/mol. The van der Waals surface area contributed by atoms with Gasteiger partial charge < -0.3 is 14.8 Å². The summed E-state index contributed by atoms with van der Waals surface area (Å²) >= 11 is 4.26. The van der Waals surface area contributed by atoms with E-state index in [1.165, 1.54) is 0 Å². The summed E-state index contributed by atoms with van der Waals surface area (Å²) in [5.74, 6) is 0.244. The Bertz CT molecular complexity index is 1620. The van der Waals surface area contributed by atoms with E-state index < -0.39 is 17.1 Å². The maximum atomic E-state index is 13.1. The number of amides is 3. The molecule has 5 rings (SSSR count). The van der Waals surface area contributed by atoms with Gasteiger partial charge in [0.25, 0.3) is 11.1 Å². The summed E-state index contributed by atoms with van der Waals surface area (Å²) in [6.45, 7) is 2.37. The van der Waals surface area contributed by atoms with Gasteiger partial charge in [-0.3, -0.25) is 19.3 Å². The van der Waals surface area contributed by atoms with Gasteiger partial charge in [-0.1, -0.05) is 52.3 Å². The van der Waals surface area contributed by atoms with Gasteiger partial charge in [0.05, 0.1) is 11.5 Å². The summed E-state index contributed by atoms with van der Waals surface area (Å²) in [6, 6.07) is 26.6. The van der Waals surface area contributed by atoms with Crippen molar-refractivity contribution in [1.82, 2.24) is 4.90 Å². The van der Waals surface area contributed by atoms with E-state index >= 15 is 0 Å². The van der Waals surface area contributed by atoms with Crippen LogP contribution in [0.5, 0.6) is 11.5 Å². The number of hydrogen-bond donors (Lipinski definition) is 1. The zero-order valence-electron chi connectivity index (χ0n) is 21.6. The third kappa shape index (κ3) is 6.55. The first-order chi connectivity index (χ1) is 19.4. The van der Waals surface area contributed by atoms with Crippen LogP contribution in [0.4, 0.5) is 10.5 Å². The second kappa shape index (κ2) is 12.4. The van der Waals surface area contributed by atoms with Crippen LogP contribution in [0.2, 0.25) is 0 Å². The number of anilines is 1. The molecule has 1 aliphatic heterocycles. The van der Waals surface area contributed by atoms with Crippen molar-refractivity contribution >= 4 is 67.3 Å². The van der Waals surface area contributed by atoms with Gasteiger partial charge in [0.15, 0.2) is 0 Å². The average Bonchev–Trinajstić information content (AvgIpc) is 3.21. The summed E-state index contributed by atoms with van der Waals surface area (Å²) < 4.78 is 12.3. The van der Waals surface area contributed by atoms with Crippen molar-refractivity contribution in [3.63, 3.8) is 0 Å². The van der Waals surface area contributed by atoms with Crippen LogP contribution in [0.3, 0.4) is 0 Å². The lowest BCUT2D eigenvalue weighted by Gasteiger charge is -2.13. The Kier molecular flexibility index (Phi) is 8.52. The van der Waals surface area contributed by atoms with Crippen LogP contribution in [0.25, 0.3) is 16.8 Å². The Hall–Kier alpha value is -4.08. The quantitative estimate of drug-likeness (QED) is 0.199. The first-order valence-electron chi connectivity index (χ1n) is 12.6. The van der Waals surface area contributed by atoms with Gasteiger partial charge in [-0.25, -0.2) is 0 Å². The molecule has 9 heteroatoms. The molecule has 1 saturated heterocycles. The monoisotopic (exact) mass is 616 g/mol. The molecule has 0 aromatic heterocycles. The van der Waals surface area contributed by atoms with E-state index in [0.29, 0.717) is 36.0 Å². The van der Waals surface area contributed by atoms with E-state index in [-0.39, 0.29) is 11.4 Å². The summed E-state index contributed by atoms with van der Waals surface area (Å²) in [4.78, 5) is 39.5. The van der Waals surface area contributed by atoms with Crippen LogP contribution in [-0.4, -0.2) is 35.1 Å². The molecule has 0 bridgehead atoms. The fraction of sp³-hybridized carbons (Fsp3) is 0.129. The molecule has 1 aliphatic rings. The molecule has 40 heavy (non-hydrogen) atoms. The molecule has 1 fully saturated rings. The summed E-state index contributed by atoms with van der Waals surface area (Å²) in [5, 5.41) is 4.48. The number of ether oxygens (including phenoxy) is 2. The third-order valence-electron chi connectivity index (χ3n) is 6.09. The van der Waals surface area contributed by atoms with E-state index in [0.717, 1.165) is 37.5 Å². The van der Waals surface area contributed by atoms with Gasteiger partial charge in [-0.15, -0.1) is 0 Å². The largest absolute Gasteiger partial charge is 0.494 e. The molecule has 0 aliphatic carbocycles. The SMILES string of the molecule is CCOc1ccc(NC(=O)CN2C(=O)S/C(=C/c3cc(Br)ccc3OCc3ccc4ccccc4c3)C2=O)cc1. The minimum Gasteiger partial charge on any atom is -0.494 e. The lowest BCUT2D eigenvalue weighted by molar-refractivity contribution is -0.127. The van der Waals surface area contributed by atoms with Crippen LogP contribution >= 0.6 is 27.7 Å². The van der Waals surface area contributed by atoms with Gasteiger partial charge in [-0.2, -0.15) is 0 Å². The number of imide groups is 1. The Morgan fingerprint density at radius 3 is 2.50 bits per heavy atom. The molecule has 0 spiro atoms. The van der Waals surface area contributed by atoms with Crippen molar-refractivity contribution in [1.29, 1.82) is 0 Å². The van der Waals surface area contributed by atoms with Gasteiger partial charge in [0, 0.05) is 15.7 Å². The zero-order chi connectivity index (χ0) is 28.1. The number of nitrogens with zero attached hydrogens (tertiary/aromatic N) is 1. The van der Waals surface area contributed by atoms with Gasteiger partial charge >= 0.3 is 0 Å². The molecular formula is C31H25BrN2O5S. The normalized spacial score (nSPS) is 14.2. The minimum atomic E-state index is -0.530. The van der Waals surface area contributed by atoms with Crippen molar-refractivity contribution < 1.29 is 23.9 Å². The van der Waals surface area contributed by atoms with E-state index in [1.54, 1.807) is 30.3 Å². The van der Waals surface area contributed by atoms with Crippen molar-refractivity contribution in [3.8, 4) is 11.5 Å². The number of thioether (sulfide) groups is 1. The molecule has 1 heterocycles. The highest BCUT2D eigenvalue weighted by atomic mass is 79.9. The molecule has 0 atom stereocenters. The number of nitrogens with one attached hydrogen (secondary N) is 1. The maximum Gasteiger partial charge on any atom is 0.294 e. The molecule has 1 N–H and O–H groups in total. The lowest BCUT2D eigenvalue weighted by Crippen LogP contribution is -2.36. The predicted molar refractivity (Wildman–Crippen MR) is 161 cm³/mol. The highest BCUT2D eigenvalue weighted by Crippen LogP contribution is 2.35. The van der Waals surface area contributed by atoms with Crippen LogP contribution in [0, 0.1) is 0 Å². The Labute approximate surface area is 244 Å². The summed E-state index contributed by atoms with van der Waals surface area (Å²) in [7, 11) is 0. The zero-order valence-corrected chi connectivity index (χ0v) is 24.0. The van der Waals surface area contributed by atoms with Crippen LogP contribution in [0.1, 0.15) is 18.1 Å². The van der Waals surface area contributed by atoms with Gasteiger partial charge in [-0.05, 0) is 89.6 Å². The Morgan fingerprint density at radius 2 is 1.73 bits per heavy atom. The number of rotatable bonds is 9. The molecule has 0 saturated carbocycles. The van der Waals surface area contributed by atoms with Crippen LogP contribution in [0.15, 0.2) is 94.3 Å². The standard InChI is InChI=1S/C31H25BrN2O5S/c1-2-38-26-12-10-25(11-13-26)33-29(35)18-34-30(36)28(40-31(34)37)17-23-16-24(32)9-14-27(23)39-19-20-7-8-21-5-3-4-6-22(21)15-20/h3-17H,2,18-19H2,1H3,(H,33,35)/b28-17+. The minimum absolute atomic E-state index is 0.215. The van der Waals surface area contributed by atoms with Crippen molar-refractivity contribution in [2.75, 3.05) is 18.5 Å². The maximum absolute atomic E-state index is 13.1. The van der Waals surface area contributed by atoms with Crippen molar-refractivity contribution in [3.05, 3.63) is 105 Å². The van der Waals surface area contributed by atoms with Gasteiger partial charge in [0.2, 0.25) is 5.91 Å². The second-order valence-electron chi connectivity index (χ2n) is 8.93. The van der Waals surface area contributed by atoms with E-state index in [2.05, 4.69) is 45.5 Å². The fourth-order valence-electron chi connectivity index (χ4n) is 4.18. The third-order valence-corrected chi connectivity index (χ3v) is 7.49. The molecule has 7 nitrogen and oxygen atoms in total. The number of halogens is 1. The fourth-order valence-corrected chi connectivity index (χ4v) is 5.38. The smallest absolute Gasteiger partial charge is 0.294 e. The van der Waals surface area contributed by atoms with Crippen molar-refractivity contribution in [2.24, 2.45) is 0 Å². The second-order valence-corrected chi connectivity index (χ2v) is 10.8. The van der Waals surface area contributed by atoms with Crippen LogP contribution < -0.4 is 14.8 Å². The number of hydrogen-bond acceptors (Lipinski definition) is 6. The first kappa shape index (κ1) is 27.5. The highest BCUT2D eigenvalue weighted by Gasteiger charge is 2.36. The number of benzene rings is 4. The summed E-state index contributed by atoms with van der Waals surface area (Å²) in [5.41, 5.74) is 2.18. The predicted octanol–water partition coefficient (Wildman–Crippen LogP) is 7.26. The summed E-state index contributed by atoms with van der Waals surface area (Å²) in [6.07, 6.45) is 1.62. The molecule has 4 aromatic rings. The van der Waals surface area contributed by atoms with E-state index in [1.807, 2.05) is 43.3 Å². The molecule has 3 amide bonds. The topological polar surface area (TPSA) is 84.9 Å². The van der Waals surface area contributed by atoms with E-state index in [4.69, 9.17) is 9.47 Å². The molecule has 0 unspecified atom stereocenters. The molecule has 4 aromatic carbocycles. The van der Waals surface area contributed by atoms with E-state index in [9.17, 15) is 14.4 Å². The first-order valence-corrected chi connectivity index (χ1v) is 14.2. The lowest BCUT2D eigenvalue weighted by atomic mass is 10.1. The van der Waals surface area contributed by atoms with Crippen LogP contribution in [-0.2, 0) is 16.2 Å². The van der Waals surface area contributed by atoms with Crippen molar-refractivity contribution in [2.45, 2.75) is 13.5 Å². The molecule has 0 radical (unpaired) electrons. The van der Waals surface area contributed by atoms with Gasteiger partial charge in [0.1, 0.15) is 24.7 Å². The highest BCUT2D eigenvalue weighted by molar-refractivity contribution is 9.10. The Balaban J connectivity index is 1.27. The number of carbonyl (C=O) groups excluding carboxylic acids is 3. The number of carbonyl (C=O) groups is 3. The Morgan fingerprint density at radius 1 is 0.950 bits per heavy atom. The molecule has 202 valence electrons. The number of fused-ring (bicyclic) bond motifs is 1. The molecular weight excluding hydrogens is 592 g/mol.